The summed E-state index contributed by atoms with van der Waals surface area (Å²) in [6, 6.07) is 8.49. The van der Waals surface area contributed by atoms with Crippen molar-refractivity contribution in [3.05, 3.63) is 46.1 Å². The molecule has 2 aliphatic heterocycles. The van der Waals surface area contributed by atoms with Crippen LogP contribution in [-0.4, -0.2) is 56.7 Å². The van der Waals surface area contributed by atoms with Gasteiger partial charge < -0.3 is 14.6 Å². The van der Waals surface area contributed by atoms with Crippen LogP contribution >= 0.6 is 11.3 Å². The predicted molar refractivity (Wildman–Crippen MR) is 106 cm³/mol. The number of fused-ring (bicyclic) bond motifs is 1. The molecule has 1 unspecified atom stereocenters. The van der Waals surface area contributed by atoms with Crippen LogP contribution in [0.4, 0.5) is 0 Å². The number of benzene rings is 1. The van der Waals surface area contributed by atoms with Crippen molar-refractivity contribution < 1.29 is 14.6 Å². The molecule has 7 nitrogen and oxygen atoms in total. The van der Waals surface area contributed by atoms with Crippen LogP contribution in [0, 0.1) is 13.8 Å². The number of nitrogens with zero attached hydrogens (tertiary/aromatic N) is 4. The lowest BCUT2D eigenvalue weighted by molar-refractivity contribution is -0.187. The Kier molecular flexibility index (Phi) is 4.39. The second-order valence-corrected chi connectivity index (χ2v) is 8.61. The number of aromatic hydroxyl groups is 1. The smallest absolute Gasteiger partial charge is 0.230 e. The number of piperidine rings is 1. The first-order chi connectivity index (χ1) is 13.5. The fraction of sp³-hybridized carbons (Fsp3) is 0.500. The zero-order valence-corrected chi connectivity index (χ0v) is 16.9. The molecule has 0 bridgehead atoms. The molecule has 1 spiro atoms. The number of aromatic nitrogens is 3. The van der Waals surface area contributed by atoms with Crippen LogP contribution in [0.5, 0.6) is 5.88 Å². The van der Waals surface area contributed by atoms with E-state index < -0.39 is 5.79 Å². The Bertz CT molecular complexity index is 981. The average molecular weight is 401 g/mol. The van der Waals surface area contributed by atoms with Crippen molar-refractivity contribution in [3.63, 3.8) is 0 Å². The maximum Gasteiger partial charge on any atom is 0.230 e. The predicted octanol–water partition coefficient (Wildman–Crippen LogP) is 3.04. The third-order valence-electron chi connectivity index (χ3n) is 5.69. The molecule has 4 heterocycles. The Hall–Kier alpha value is -2.00. The molecule has 2 fully saturated rings. The molecule has 1 aromatic carbocycles. The van der Waals surface area contributed by atoms with E-state index in [2.05, 4.69) is 46.2 Å². The van der Waals surface area contributed by atoms with Crippen molar-refractivity contribution in [2.45, 2.75) is 38.5 Å². The lowest BCUT2D eigenvalue weighted by atomic mass is 9.97. The molecule has 148 valence electrons. The van der Waals surface area contributed by atoms with Gasteiger partial charge in [-0.15, -0.1) is 5.10 Å². The fourth-order valence-electron chi connectivity index (χ4n) is 4.21. The van der Waals surface area contributed by atoms with Crippen LogP contribution in [0.1, 0.15) is 40.7 Å². The van der Waals surface area contributed by atoms with Gasteiger partial charge in [-0.3, -0.25) is 4.90 Å². The number of aryl methyl sites for hydroxylation is 2. The van der Waals surface area contributed by atoms with Gasteiger partial charge >= 0.3 is 0 Å². The molecule has 0 saturated carbocycles. The third kappa shape index (κ3) is 3.00. The minimum atomic E-state index is -0.418. The quantitative estimate of drug-likeness (QED) is 0.729. The zero-order valence-electron chi connectivity index (χ0n) is 16.1. The number of likely N-dealkylation sites (tertiary alicyclic amines) is 1. The molecule has 2 aromatic heterocycles. The molecule has 5 rings (SSSR count). The zero-order chi connectivity index (χ0) is 19.3. The van der Waals surface area contributed by atoms with Crippen LogP contribution < -0.4 is 0 Å². The summed E-state index contributed by atoms with van der Waals surface area (Å²) < 4.78 is 13.3. The summed E-state index contributed by atoms with van der Waals surface area (Å²) >= 11 is 1.50. The van der Waals surface area contributed by atoms with Gasteiger partial charge in [0.15, 0.2) is 5.79 Å². The lowest BCUT2D eigenvalue weighted by Gasteiger charge is -2.41. The van der Waals surface area contributed by atoms with Gasteiger partial charge in [-0.05, 0) is 19.4 Å². The summed E-state index contributed by atoms with van der Waals surface area (Å²) in [7, 11) is 0. The van der Waals surface area contributed by atoms with E-state index >= 15 is 0 Å². The Morgan fingerprint density at radius 1 is 1.11 bits per heavy atom. The van der Waals surface area contributed by atoms with Gasteiger partial charge in [-0.1, -0.05) is 41.2 Å². The van der Waals surface area contributed by atoms with E-state index in [0.717, 1.165) is 41.3 Å². The van der Waals surface area contributed by atoms with Crippen molar-refractivity contribution in [2.75, 3.05) is 26.3 Å². The SMILES string of the molecule is Cc1ccc(C(c2sc3nc(C)nn3c2O)N2CCC3(CC2)OCCO3)cc1. The van der Waals surface area contributed by atoms with E-state index in [0.29, 0.717) is 19.0 Å². The van der Waals surface area contributed by atoms with Gasteiger partial charge in [0.1, 0.15) is 5.82 Å². The largest absolute Gasteiger partial charge is 0.492 e. The highest BCUT2D eigenvalue weighted by Crippen LogP contribution is 2.42. The van der Waals surface area contributed by atoms with Gasteiger partial charge in [0.25, 0.3) is 0 Å². The molecule has 1 atom stereocenters. The fourth-order valence-corrected chi connectivity index (χ4v) is 5.37. The minimum absolute atomic E-state index is 0.0480. The van der Waals surface area contributed by atoms with Gasteiger partial charge in [-0.2, -0.15) is 4.52 Å². The molecule has 28 heavy (non-hydrogen) atoms. The Morgan fingerprint density at radius 3 is 2.43 bits per heavy atom. The van der Waals surface area contributed by atoms with Gasteiger partial charge in [0.2, 0.25) is 10.8 Å². The van der Waals surface area contributed by atoms with Crippen molar-refractivity contribution in [1.29, 1.82) is 0 Å². The Labute approximate surface area is 167 Å². The number of hydrogen-bond acceptors (Lipinski definition) is 7. The summed E-state index contributed by atoms with van der Waals surface area (Å²) in [4.78, 5) is 8.44. The standard InChI is InChI=1S/C20H24N4O3S/c1-13-3-5-15(6-4-13)16(17-18(25)24-19(28-17)21-14(2)22-24)23-9-7-20(8-10-23)26-11-12-27-20/h3-6,16,25H,7-12H2,1-2H3. The van der Waals surface area contributed by atoms with Crippen LogP contribution in [0.3, 0.4) is 0 Å². The van der Waals surface area contributed by atoms with E-state index in [-0.39, 0.29) is 11.9 Å². The van der Waals surface area contributed by atoms with Gasteiger partial charge in [0.05, 0.1) is 24.1 Å². The van der Waals surface area contributed by atoms with E-state index in [1.807, 2.05) is 6.92 Å². The number of ether oxygens (including phenoxy) is 2. The summed E-state index contributed by atoms with van der Waals surface area (Å²) in [6.07, 6.45) is 1.66. The van der Waals surface area contributed by atoms with E-state index in [4.69, 9.17) is 9.47 Å². The molecule has 0 aliphatic carbocycles. The summed E-state index contributed by atoms with van der Waals surface area (Å²) in [6.45, 7) is 6.95. The molecular weight excluding hydrogens is 376 g/mol. The van der Waals surface area contributed by atoms with Crippen molar-refractivity contribution in [1.82, 2.24) is 19.5 Å². The normalized spacial score (nSPS) is 20.9. The summed E-state index contributed by atoms with van der Waals surface area (Å²) in [5.41, 5.74) is 2.38. The monoisotopic (exact) mass is 400 g/mol. The highest BCUT2D eigenvalue weighted by molar-refractivity contribution is 7.17. The molecule has 3 aromatic rings. The second-order valence-electron chi connectivity index (χ2n) is 7.60. The Balaban J connectivity index is 1.52. The second kappa shape index (κ2) is 6.81. The molecular formula is C20H24N4O3S. The van der Waals surface area contributed by atoms with Crippen LogP contribution in [-0.2, 0) is 9.47 Å². The maximum absolute atomic E-state index is 10.9. The molecule has 1 N–H and O–H groups in total. The van der Waals surface area contributed by atoms with Crippen LogP contribution in [0.15, 0.2) is 24.3 Å². The van der Waals surface area contributed by atoms with Crippen molar-refractivity contribution >= 4 is 16.3 Å². The average Bonchev–Trinajstić information content (AvgIpc) is 3.37. The molecule has 0 amide bonds. The third-order valence-corrected chi connectivity index (χ3v) is 6.76. The minimum Gasteiger partial charge on any atom is -0.492 e. The summed E-state index contributed by atoms with van der Waals surface area (Å²) in [5.74, 6) is 0.425. The Morgan fingerprint density at radius 2 is 1.79 bits per heavy atom. The number of rotatable bonds is 3. The van der Waals surface area contributed by atoms with E-state index in [1.54, 1.807) is 4.52 Å². The molecule has 8 heteroatoms. The van der Waals surface area contributed by atoms with E-state index in [1.165, 1.54) is 16.9 Å². The van der Waals surface area contributed by atoms with Crippen molar-refractivity contribution in [2.24, 2.45) is 0 Å². The van der Waals surface area contributed by atoms with Crippen LogP contribution in [0.25, 0.3) is 4.96 Å². The highest BCUT2D eigenvalue weighted by atomic mass is 32.1. The van der Waals surface area contributed by atoms with Gasteiger partial charge in [0, 0.05) is 25.9 Å². The number of hydrogen-bond donors (Lipinski definition) is 1. The van der Waals surface area contributed by atoms with Crippen molar-refractivity contribution in [3.8, 4) is 5.88 Å². The lowest BCUT2D eigenvalue weighted by Crippen LogP contribution is -2.46. The number of thiazole rings is 1. The maximum atomic E-state index is 10.9. The molecule has 0 radical (unpaired) electrons. The summed E-state index contributed by atoms with van der Waals surface area (Å²) in [5, 5.41) is 15.3. The van der Waals surface area contributed by atoms with E-state index in [9.17, 15) is 5.11 Å². The molecule has 2 aliphatic rings. The topological polar surface area (TPSA) is 72.1 Å². The highest BCUT2D eigenvalue weighted by Gasteiger charge is 2.42. The molecule has 2 saturated heterocycles. The van der Waals surface area contributed by atoms with Crippen LogP contribution in [0.2, 0.25) is 0 Å². The first-order valence-electron chi connectivity index (χ1n) is 9.68. The van der Waals surface area contributed by atoms with Gasteiger partial charge in [-0.25, -0.2) is 4.98 Å². The first kappa shape index (κ1) is 18.1. The first-order valence-corrected chi connectivity index (χ1v) is 10.5.